The van der Waals surface area contributed by atoms with E-state index in [-0.39, 0.29) is 6.10 Å². The summed E-state index contributed by atoms with van der Waals surface area (Å²) < 4.78 is 5.86. The Morgan fingerprint density at radius 3 is 2.33 bits per heavy atom. The molecule has 0 spiro atoms. The fourth-order valence-electron chi connectivity index (χ4n) is 2.08. The molecule has 0 saturated carbocycles. The predicted octanol–water partition coefficient (Wildman–Crippen LogP) is 4.06. The zero-order valence-corrected chi connectivity index (χ0v) is 11.6. The van der Waals surface area contributed by atoms with Gasteiger partial charge in [0.05, 0.1) is 6.10 Å². The molecule has 0 aliphatic rings. The molecule has 1 rings (SSSR count). The SMILES string of the molecule is CCCCCCCCOC(CN)c1ccccc1. The van der Waals surface area contributed by atoms with Gasteiger partial charge in [0.2, 0.25) is 0 Å². The summed E-state index contributed by atoms with van der Waals surface area (Å²) >= 11 is 0. The summed E-state index contributed by atoms with van der Waals surface area (Å²) in [7, 11) is 0. The first-order chi connectivity index (χ1) is 8.88. The van der Waals surface area contributed by atoms with E-state index < -0.39 is 0 Å². The zero-order valence-electron chi connectivity index (χ0n) is 11.6. The van der Waals surface area contributed by atoms with Crippen LogP contribution in [0.2, 0.25) is 0 Å². The molecule has 0 radical (unpaired) electrons. The van der Waals surface area contributed by atoms with E-state index in [9.17, 15) is 0 Å². The lowest BCUT2D eigenvalue weighted by atomic mass is 10.1. The predicted molar refractivity (Wildman–Crippen MR) is 77.6 cm³/mol. The van der Waals surface area contributed by atoms with Crippen LogP contribution in [0.15, 0.2) is 30.3 Å². The first kappa shape index (κ1) is 15.2. The summed E-state index contributed by atoms with van der Waals surface area (Å²) in [5.41, 5.74) is 6.95. The molecule has 2 N–H and O–H groups in total. The maximum Gasteiger partial charge on any atom is 0.0947 e. The van der Waals surface area contributed by atoms with Crippen LogP contribution in [0.5, 0.6) is 0 Å². The molecule has 0 aromatic heterocycles. The number of ether oxygens (including phenoxy) is 1. The minimum absolute atomic E-state index is 0.0573. The Balaban J connectivity index is 2.13. The van der Waals surface area contributed by atoms with E-state index in [4.69, 9.17) is 10.5 Å². The Morgan fingerprint density at radius 2 is 1.67 bits per heavy atom. The Morgan fingerprint density at radius 1 is 1.00 bits per heavy atom. The van der Waals surface area contributed by atoms with Gasteiger partial charge in [-0.25, -0.2) is 0 Å². The van der Waals surface area contributed by atoms with Crippen molar-refractivity contribution in [2.45, 2.75) is 51.6 Å². The van der Waals surface area contributed by atoms with Crippen molar-refractivity contribution < 1.29 is 4.74 Å². The van der Waals surface area contributed by atoms with Gasteiger partial charge in [-0.05, 0) is 12.0 Å². The Labute approximate surface area is 112 Å². The first-order valence-electron chi connectivity index (χ1n) is 7.25. The van der Waals surface area contributed by atoms with Gasteiger partial charge < -0.3 is 10.5 Å². The van der Waals surface area contributed by atoms with Crippen LogP contribution in [-0.4, -0.2) is 13.2 Å². The first-order valence-corrected chi connectivity index (χ1v) is 7.25. The van der Waals surface area contributed by atoms with Gasteiger partial charge in [0.15, 0.2) is 0 Å². The van der Waals surface area contributed by atoms with Crippen LogP contribution in [0.4, 0.5) is 0 Å². The molecule has 0 heterocycles. The summed E-state index contributed by atoms with van der Waals surface area (Å²) in [5.74, 6) is 0. The lowest BCUT2D eigenvalue weighted by Crippen LogP contribution is -2.16. The molecule has 0 aliphatic heterocycles. The van der Waals surface area contributed by atoms with Crippen molar-refractivity contribution in [2.75, 3.05) is 13.2 Å². The van der Waals surface area contributed by atoms with E-state index in [1.165, 1.54) is 37.7 Å². The second-order valence-corrected chi connectivity index (χ2v) is 4.77. The highest BCUT2D eigenvalue weighted by Crippen LogP contribution is 2.16. The van der Waals surface area contributed by atoms with Gasteiger partial charge in [-0.1, -0.05) is 69.4 Å². The van der Waals surface area contributed by atoms with Crippen LogP contribution >= 0.6 is 0 Å². The number of unbranched alkanes of at least 4 members (excludes halogenated alkanes) is 5. The smallest absolute Gasteiger partial charge is 0.0947 e. The van der Waals surface area contributed by atoms with Crippen molar-refractivity contribution in [1.29, 1.82) is 0 Å². The maximum absolute atomic E-state index is 5.86. The van der Waals surface area contributed by atoms with Crippen LogP contribution in [0.25, 0.3) is 0 Å². The summed E-state index contributed by atoms with van der Waals surface area (Å²) in [6, 6.07) is 10.3. The van der Waals surface area contributed by atoms with E-state index >= 15 is 0 Å². The molecule has 1 atom stereocenters. The highest BCUT2D eigenvalue weighted by atomic mass is 16.5. The molecule has 0 aliphatic carbocycles. The molecular weight excluding hydrogens is 222 g/mol. The third kappa shape index (κ3) is 6.18. The monoisotopic (exact) mass is 249 g/mol. The average molecular weight is 249 g/mol. The van der Waals surface area contributed by atoms with Gasteiger partial charge in [-0.15, -0.1) is 0 Å². The molecule has 102 valence electrons. The fourth-order valence-corrected chi connectivity index (χ4v) is 2.08. The minimum atomic E-state index is 0.0573. The maximum atomic E-state index is 5.86. The van der Waals surface area contributed by atoms with Crippen molar-refractivity contribution in [3.05, 3.63) is 35.9 Å². The normalized spacial score (nSPS) is 12.6. The zero-order chi connectivity index (χ0) is 13.1. The van der Waals surface area contributed by atoms with Crippen molar-refractivity contribution in [3.63, 3.8) is 0 Å². The third-order valence-electron chi connectivity index (χ3n) is 3.20. The van der Waals surface area contributed by atoms with Crippen LogP contribution < -0.4 is 5.73 Å². The molecule has 0 bridgehead atoms. The highest BCUT2D eigenvalue weighted by molar-refractivity contribution is 5.17. The standard InChI is InChI=1S/C16H27NO/c1-2-3-4-5-6-10-13-18-16(14-17)15-11-8-7-9-12-15/h7-9,11-12,16H,2-6,10,13-14,17H2,1H3. The van der Waals surface area contributed by atoms with E-state index in [0.29, 0.717) is 6.54 Å². The molecule has 2 nitrogen and oxygen atoms in total. The van der Waals surface area contributed by atoms with E-state index in [0.717, 1.165) is 13.0 Å². The molecule has 1 aromatic carbocycles. The van der Waals surface area contributed by atoms with Gasteiger partial charge >= 0.3 is 0 Å². The number of hydrogen-bond acceptors (Lipinski definition) is 2. The number of benzene rings is 1. The second-order valence-electron chi connectivity index (χ2n) is 4.77. The van der Waals surface area contributed by atoms with Crippen LogP contribution in [0, 0.1) is 0 Å². The second kappa shape index (κ2) is 10.1. The quantitative estimate of drug-likeness (QED) is 0.635. The van der Waals surface area contributed by atoms with E-state index in [1.807, 2.05) is 18.2 Å². The molecule has 0 fully saturated rings. The Kier molecular flexibility index (Phi) is 8.53. The topological polar surface area (TPSA) is 35.2 Å². The minimum Gasteiger partial charge on any atom is -0.372 e. The van der Waals surface area contributed by atoms with Crippen molar-refractivity contribution in [1.82, 2.24) is 0 Å². The average Bonchev–Trinajstić information content (AvgIpc) is 2.43. The van der Waals surface area contributed by atoms with E-state index in [2.05, 4.69) is 19.1 Å². The van der Waals surface area contributed by atoms with Crippen molar-refractivity contribution >= 4 is 0 Å². The molecule has 0 amide bonds. The molecule has 2 heteroatoms. The van der Waals surface area contributed by atoms with Crippen LogP contribution in [0.1, 0.15) is 57.1 Å². The summed E-state index contributed by atoms with van der Waals surface area (Å²) in [5, 5.41) is 0. The largest absolute Gasteiger partial charge is 0.372 e. The van der Waals surface area contributed by atoms with Gasteiger partial charge in [-0.2, -0.15) is 0 Å². The molecule has 1 unspecified atom stereocenters. The molecular formula is C16H27NO. The van der Waals surface area contributed by atoms with E-state index in [1.54, 1.807) is 0 Å². The summed E-state index contributed by atoms with van der Waals surface area (Å²) in [4.78, 5) is 0. The third-order valence-corrected chi connectivity index (χ3v) is 3.20. The Bertz CT molecular complexity index is 286. The highest BCUT2D eigenvalue weighted by Gasteiger charge is 2.08. The Hall–Kier alpha value is -0.860. The molecule has 0 saturated heterocycles. The van der Waals surface area contributed by atoms with Crippen LogP contribution in [0.3, 0.4) is 0 Å². The number of nitrogens with two attached hydrogens (primary N) is 1. The van der Waals surface area contributed by atoms with Gasteiger partial charge in [-0.3, -0.25) is 0 Å². The number of hydrogen-bond donors (Lipinski definition) is 1. The summed E-state index contributed by atoms with van der Waals surface area (Å²) in [6.45, 7) is 3.62. The van der Waals surface area contributed by atoms with Crippen LogP contribution in [-0.2, 0) is 4.74 Å². The lowest BCUT2D eigenvalue weighted by Gasteiger charge is -2.16. The fraction of sp³-hybridized carbons (Fsp3) is 0.625. The van der Waals surface area contributed by atoms with Gasteiger partial charge in [0, 0.05) is 13.2 Å². The lowest BCUT2D eigenvalue weighted by molar-refractivity contribution is 0.0557. The van der Waals surface area contributed by atoms with Crippen molar-refractivity contribution in [2.24, 2.45) is 5.73 Å². The van der Waals surface area contributed by atoms with Gasteiger partial charge in [0.25, 0.3) is 0 Å². The number of rotatable bonds is 10. The van der Waals surface area contributed by atoms with Gasteiger partial charge in [0.1, 0.15) is 0 Å². The molecule has 18 heavy (non-hydrogen) atoms. The summed E-state index contributed by atoms with van der Waals surface area (Å²) in [6.07, 6.45) is 7.82. The van der Waals surface area contributed by atoms with Crippen molar-refractivity contribution in [3.8, 4) is 0 Å². The molecule has 1 aromatic rings.